The van der Waals surface area contributed by atoms with Gasteiger partial charge in [0.1, 0.15) is 0 Å². The van der Waals surface area contributed by atoms with Crippen molar-refractivity contribution in [2.24, 2.45) is 5.92 Å². The molecule has 0 spiro atoms. The van der Waals surface area contributed by atoms with E-state index in [4.69, 9.17) is 4.74 Å². The van der Waals surface area contributed by atoms with Gasteiger partial charge in [-0.25, -0.2) is 4.79 Å². The molecule has 0 radical (unpaired) electrons. The van der Waals surface area contributed by atoms with Crippen molar-refractivity contribution < 1.29 is 22.7 Å². The van der Waals surface area contributed by atoms with Crippen LogP contribution in [0.2, 0.25) is 0 Å². The Morgan fingerprint density at radius 3 is 2.61 bits per heavy atom. The summed E-state index contributed by atoms with van der Waals surface area (Å²) in [4.78, 5) is 12.2. The third-order valence-corrected chi connectivity index (χ3v) is 5.00. The number of carbonyl (C=O) groups excluding carboxylic acids is 1. The Balaban J connectivity index is 2.04. The van der Waals surface area contributed by atoms with Crippen molar-refractivity contribution in [1.29, 1.82) is 0 Å². The number of rotatable bonds is 5. The zero-order valence-electron chi connectivity index (χ0n) is 15.7. The first kappa shape index (κ1) is 20.0. The molecule has 6 nitrogen and oxygen atoms in total. The molecule has 0 N–H and O–H groups in total. The van der Waals surface area contributed by atoms with Gasteiger partial charge in [0.2, 0.25) is 0 Å². The highest BCUT2D eigenvalue weighted by Crippen LogP contribution is 2.36. The number of carbonyl (C=O) groups is 1. The summed E-state index contributed by atoms with van der Waals surface area (Å²) in [5.41, 5.74) is -0.818. The van der Waals surface area contributed by atoms with Crippen LogP contribution in [0.3, 0.4) is 0 Å². The van der Waals surface area contributed by atoms with Crippen molar-refractivity contribution in [3.05, 3.63) is 41.2 Å². The van der Waals surface area contributed by atoms with Crippen LogP contribution in [-0.4, -0.2) is 33.3 Å². The second kappa shape index (κ2) is 8.12. The highest BCUT2D eigenvalue weighted by atomic mass is 19.4. The van der Waals surface area contributed by atoms with Crippen LogP contribution >= 0.6 is 0 Å². The van der Waals surface area contributed by atoms with Crippen LogP contribution in [0.25, 0.3) is 11.3 Å². The van der Waals surface area contributed by atoms with Crippen LogP contribution in [0.4, 0.5) is 13.2 Å². The van der Waals surface area contributed by atoms with E-state index in [0.717, 1.165) is 36.4 Å². The Bertz CT molecular complexity index is 884. The summed E-state index contributed by atoms with van der Waals surface area (Å²) >= 11 is 0. The molecule has 0 saturated heterocycles. The van der Waals surface area contributed by atoms with Gasteiger partial charge in [-0.3, -0.25) is 0 Å². The minimum atomic E-state index is -4.64. The highest BCUT2D eigenvalue weighted by molar-refractivity contribution is 6.16. The fraction of sp³-hybridized carbons (Fsp3) is 0.474. The van der Waals surface area contributed by atoms with Gasteiger partial charge in [-0.15, -0.1) is 5.10 Å². The number of hydrogen-bond acceptors (Lipinski definition) is 5. The van der Waals surface area contributed by atoms with Crippen molar-refractivity contribution >= 4 is 11.5 Å². The molecule has 1 fully saturated rings. The molecule has 1 aromatic carbocycles. The number of ether oxygens (including phenoxy) is 1. The van der Waals surface area contributed by atoms with E-state index in [9.17, 15) is 18.0 Å². The van der Waals surface area contributed by atoms with E-state index in [0.29, 0.717) is 12.3 Å². The first-order valence-corrected chi connectivity index (χ1v) is 9.06. The van der Waals surface area contributed by atoms with E-state index >= 15 is 0 Å². The van der Waals surface area contributed by atoms with Crippen molar-refractivity contribution in [2.75, 3.05) is 7.11 Å². The molecule has 1 aliphatic carbocycles. The van der Waals surface area contributed by atoms with Gasteiger partial charge >= 0.3 is 12.1 Å². The molecule has 0 amide bonds. The molecule has 1 heterocycles. The van der Waals surface area contributed by atoms with E-state index in [1.807, 2.05) is 0 Å². The number of alkyl halides is 3. The van der Waals surface area contributed by atoms with Crippen molar-refractivity contribution in [1.82, 2.24) is 20.2 Å². The van der Waals surface area contributed by atoms with Crippen LogP contribution in [0.1, 0.15) is 49.1 Å². The minimum absolute atomic E-state index is 0.139. The summed E-state index contributed by atoms with van der Waals surface area (Å²) in [6.45, 7) is 1.51. The van der Waals surface area contributed by atoms with Gasteiger partial charge in [-0.05, 0) is 47.4 Å². The number of tetrazole rings is 1. The van der Waals surface area contributed by atoms with E-state index < -0.39 is 17.7 Å². The first-order valence-electron chi connectivity index (χ1n) is 9.06. The second-order valence-corrected chi connectivity index (χ2v) is 6.86. The van der Waals surface area contributed by atoms with Crippen LogP contribution in [0, 0.1) is 12.8 Å². The summed E-state index contributed by atoms with van der Waals surface area (Å²) < 4.78 is 47.0. The predicted octanol–water partition coefficient (Wildman–Crippen LogP) is 4.13. The normalized spacial score (nSPS) is 15.8. The van der Waals surface area contributed by atoms with Gasteiger partial charge in [0.15, 0.2) is 5.82 Å². The maximum atomic E-state index is 13.7. The molecule has 0 unspecified atom stereocenters. The van der Waals surface area contributed by atoms with Crippen LogP contribution in [0.5, 0.6) is 0 Å². The van der Waals surface area contributed by atoms with Gasteiger partial charge in [0, 0.05) is 0 Å². The Morgan fingerprint density at radius 2 is 2.04 bits per heavy atom. The number of methoxy groups -OCH3 is 1. The highest BCUT2D eigenvalue weighted by Gasteiger charge is 2.35. The molecular formula is C19H21F3N4O2. The Morgan fingerprint density at radius 1 is 1.32 bits per heavy atom. The minimum Gasteiger partial charge on any atom is -0.465 e. The van der Waals surface area contributed by atoms with E-state index in [1.165, 1.54) is 26.2 Å². The molecule has 3 rings (SSSR count). The number of nitrogens with zero attached hydrogens (tertiary/aromatic N) is 4. The average Bonchev–Trinajstić information content (AvgIpc) is 3.32. The Hall–Kier alpha value is -2.71. The van der Waals surface area contributed by atoms with Gasteiger partial charge in [-0.1, -0.05) is 37.8 Å². The largest absolute Gasteiger partial charge is 0.465 e. The van der Waals surface area contributed by atoms with E-state index in [-0.39, 0.29) is 22.6 Å². The van der Waals surface area contributed by atoms with Crippen molar-refractivity contribution in [3.8, 4) is 5.69 Å². The fourth-order valence-corrected chi connectivity index (χ4v) is 3.53. The molecule has 1 aliphatic rings. The van der Waals surface area contributed by atoms with Gasteiger partial charge in [0.25, 0.3) is 0 Å². The average molecular weight is 394 g/mol. The molecular weight excluding hydrogens is 373 g/mol. The lowest BCUT2D eigenvalue weighted by atomic mass is 9.97. The smallest absolute Gasteiger partial charge is 0.418 e. The SMILES string of the molecule is COC(=O)/C(=C/CC1CCCC1)c1ccc(-n2nnnc2C)c(C(F)(F)F)c1. The molecule has 0 aliphatic heterocycles. The third kappa shape index (κ3) is 4.23. The van der Waals surface area contributed by atoms with E-state index in [1.54, 1.807) is 6.08 Å². The number of esters is 1. The lowest BCUT2D eigenvalue weighted by Gasteiger charge is -2.16. The van der Waals surface area contributed by atoms with Crippen LogP contribution in [0.15, 0.2) is 24.3 Å². The molecule has 1 aromatic heterocycles. The summed E-state index contributed by atoms with van der Waals surface area (Å²) in [6.07, 6.45) is 2.11. The quantitative estimate of drug-likeness (QED) is 0.563. The molecule has 0 bridgehead atoms. The number of aryl methyl sites for hydroxylation is 1. The Kier molecular flexibility index (Phi) is 5.81. The zero-order valence-corrected chi connectivity index (χ0v) is 15.7. The zero-order chi connectivity index (χ0) is 20.3. The molecule has 9 heteroatoms. The lowest BCUT2D eigenvalue weighted by molar-refractivity contribution is -0.138. The standard InChI is InChI=1S/C19H21F3N4O2/c1-12-23-24-25-26(12)17-10-8-14(11-16(17)19(20,21)22)15(18(27)28-2)9-7-13-5-3-4-6-13/h8-11,13H,3-7H2,1-2H3/b15-9+. The maximum Gasteiger partial charge on any atom is 0.418 e. The van der Waals surface area contributed by atoms with Crippen LogP contribution < -0.4 is 0 Å². The first-order chi connectivity index (χ1) is 13.3. The number of allylic oxidation sites excluding steroid dienone is 1. The monoisotopic (exact) mass is 394 g/mol. The number of aromatic nitrogens is 4. The molecule has 150 valence electrons. The second-order valence-electron chi connectivity index (χ2n) is 6.86. The summed E-state index contributed by atoms with van der Waals surface area (Å²) in [5.74, 6) is 0.0191. The van der Waals surface area contributed by atoms with Crippen molar-refractivity contribution in [2.45, 2.75) is 45.2 Å². The summed E-state index contributed by atoms with van der Waals surface area (Å²) in [6, 6.07) is 3.69. The molecule has 28 heavy (non-hydrogen) atoms. The van der Waals surface area contributed by atoms with Gasteiger partial charge in [0.05, 0.1) is 23.9 Å². The fourth-order valence-electron chi connectivity index (χ4n) is 3.53. The predicted molar refractivity (Wildman–Crippen MR) is 95.5 cm³/mol. The van der Waals surface area contributed by atoms with Gasteiger partial charge < -0.3 is 4.74 Å². The molecule has 2 aromatic rings. The molecule has 1 saturated carbocycles. The number of hydrogen-bond donors (Lipinski definition) is 0. The van der Waals surface area contributed by atoms with E-state index in [2.05, 4.69) is 15.5 Å². The summed E-state index contributed by atoms with van der Waals surface area (Å²) in [7, 11) is 1.22. The molecule has 0 atom stereocenters. The van der Waals surface area contributed by atoms with Gasteiger partial charge in [-0.2, -0.15) is 17.9 Å². The Labute approximate surface area is 160 Å². The number of halogens is 3. The van der Waals surface area contributed by atoms with Crippen molar-refractivity contribution in [3.63, 3.8) is 0 Å². The maximum absolute atomic E-state index is 13.7. The third-order valence-electron chi connectivity index (χ3n) is 5.00. The topological polar surface area (TPSA) is 69.9 Å². The summed E-state index contributed by atoms with van der Waals surface area (Å²) in [5, 5.41) is 10.7. The van der Waals surface area contributed by atoms with Crippen LogP contribution in [-0.2, 0) is 15.7 Å². The number of benzene rings is 1. The lowest BCUT2D eigenvalue weighted by Crippen LogP contribution is -2.14.